The van der Waals surface area contributed by atoms with Gasteiger partial charge in [-0.3, -0.25) is 0 Å². The SMILES string of the molecule is CCN(C(=O)Nc1ccc(F)cc1)[C@H](c1ccccc1)c1ccc(F)cc1. The standard InChI is InChI=1S/C22H20F2N2O/c1-2-26(22(27)25-20-14-12-19(24)13-15-20)21(16-6-4-3-5-7-16)17-8-10-18(23)11-9-17/h3-15,21H,2H2,1H3,(H,25,27)/t21-/m1/s1. The number of nitrogens with zero attached hydrogens (tertiary/aromatic N) is 1. The Kier molecular flexibility index (Phi) is 5.81. The van der Waals surface area contributed by atoms with E-state index in [2.05, 4.69) is 5.32 Å². The van der Waals surface area contributed by atoms with Crippen LogP contribution >= 0.6 is 0 Å². The van der Waals surface area contributed by atoms with E-state index in [1.165, 1.54) is 36.4 Å². The van der Waals surface area contributed by atoms with Gasteiger partial charge in [0.15, 0.2) is 0 Å². The molecule has 0 saturated heterocycles. The molecule has 0 unspecified atom stereocenters. The second-order valence-corrected chi connectivity index (χ2v) is 6.09. The van der Waals surface area contributed by atoms with Crippen LogP contribution in [-0.4, -0.2) is 17.5 Å². The van der Waals surface area contributed by atoms with Gasteiger partial charge in [0.25, 0.3) is 0 Å². The maximum Gasteiger partial charge on any atom is 0.322 e. The van der Waals surface area contributed by atoms with E-state index in [1.807, 2.05) is 37.3 Å². The summed E-state index contributed by atoms with van der Waals surface area (Å²) in [5.41, 5.74) is 2.23. The van der Waals surface area contributed by atoms with Gasteiger partial charge in [-0.2, -0.15) is 0 Å². The molecule has 0 aliphatic carbocycles. The third kappa shape index (κ3) is 4.50. The summed E-state index contributed by atoms with van der Waals surface area (Å²) in [5, 5.41) is 2.80. The monoisotopic (exact) mass is 366 g/mol. The van der Waals surface area contributed by atoms with Crippen molar-refractivity contribution in [1.82, 2.24) is 4.90 Å². The van der Waals surface area contributed by atoms with E-state index in [-0.39, 0.29) is 23.7 Å². The number of rotatable bonds is 5. The van der Waals surface area contributed by atoms with Crippen molar-refractivity contribution in [3.05, 3.63) is 102 Å². The first kappa shape index (κ1) is 18.6. The molecule has 0 spiro atoms. The van der Waals surface area contributed by atoms with E-state index in [4.69, 9.17) is 0 Å². The first-order chi connectivity index (χ1) is 13.1. The highest BCUT2D eigenvalue weighted by Gasteiger charge is 2.25. The maximum atomic E-state index is 13.4. The molecular formula is C22H20F2N2O. The minimum Gasteiger partial charge on any atom is -0.314 e. The Morgan fingerprint density at radius 1 is 0.852 bits per heavy atom. The van der Waals surface area contributed by atoms with Crippen LogP contribution in [0.3, 0.4) is 0 Å². The van der Waals surface area contributed by atoms with Crippen molar-refractivity contribution in [2.75, 3.05) is 11.9 Å². The lowest BCUT2D eigenvalue weighted by atomic mass is 9.97. The van der Waals surface area contributed by atoms with Gasteiger partial charge >= 0.3 is 6.03 Å². The van der Waals surface area contributed by atoms with Crippen molar-refractivity contribution in [2.45, 2.75) is 13.0 Å². The lowest BCUT2D eigenvalue weighted by molar-refractivity contribution is 0.201. The average Bonchev–Trinajstić information content (AvgIpc) is 2.69. The second-order valence-electron chi connectivity index (χ2n) is 6.09. The fourth-order valence-corrected chi connectivity index (χ4v) is 3.00. The van der Waals surface area contributed by atoms with Crippen LogP contribution in [0.5, 0.6) is 0 Å². The summed E-state index contributed by atoms with van der Waals surface area (Å²) >= 11 is 0. The Balaban J connectivity index is 1.94. The minimum atomic E-state index is -0.378. The summed E-state index contributed by atoms with van der Waals surface area (Å²) in [6.45, 7) is 2.31. The van der Waals surface area contributed by atoms with Crippen molar-refractivity contribution in [3.63, 3.8) is 0 Å². The van der Waals surface area contributed by atoms with Gasteiger partial charge in [-0.05, 0) is 54.4 Å². The van der Waals surface area contributed by atoms with E-state index < -0.39 is 0 Å². The maximum absolute atomic E-state index is 13.4. The molecule has 1 N–H and O–H groups in total. The van der Waals surface area contributed by atoms with Gasteiger partial charge < -0.3 is 10.2 Å². The molecule has 5 heteroatoms. The van der Waals surface area contributed by atoms with Crippen molar-refractivity contribution in [2.24, 2.45) is 0 Å². The second kappa shape index (κ2) is 8.45. The lowest BCUT2D eigenvalue weighted by Crippen LogP contribution is -2.38. The number of nitrogens with one attached hydrogen (secondary N) is 1. The highest BCUT2D eigenvalue weighted by atomic mass is 19.1. The van der Waals surface area contributed by atoms with Gasteiger partial charge in [-0.25, -0.2) is 13.6 Å². The van der Waals surface area contributed by atoms with Crippen LogP contribution in [0.1, 0.15) is 24.1 Å². The zero-order valence-corrected chi connectivity index (χ0v) is 14.9. The smallest absolute Gasteiger partial charge is 0.314 e. The number of anilines is 1. The van der Waals surface area contributed by atoms with Gasteiger partial charge in [0, 0.05) is 12.2 Å². The minimum absolute atomic E-state index is 0.317. The number of benzene rings is 3. The number of hydrogen-bond donors (Lipinski definition) is 1. The average molecular weight is 366 g/mol. The summed E-state index contributed by atoms with van der Waals surface area (Å²) in [7, 11) is 0. The number of carbonyl (C=O) groups excluding carboxylic acids is 1. The summed E-state index contributed by atoms with van der Waals surface area (Å²) in [4.78, 5) is 14.6. The molecule has 0 aliphatic rings. The number of halogens is 2. The number of urea groups is 1. The topological polar surface area (TPSA) is 32.3 Å². The van der Waals surface area contributed by atoms with Crippen LogP contribution in [0.25, 0.3) is 0 Å². The Labute approximate surface area is 157 Å². The van der Waals surface area contributed by atoms with Gasteiger partial charge in [0.2, 0.25) is 0 Å². The van der Waals surface area contributed by atoms with Gasteiger partial charge in [-0.15, -0.1) is 0 Å². The number of amides is 2. The molecule has 3 aromatic rings. The largest absolute Gasteiger partial charge is 0.322 e. The Morgan fingerprint density at radius 3 is 1.93 bits per heavy atom. The molecule has 3 aromatic carbocycles. The van der Waals surface area contributed by atoms with Gasteiger partial charge in [0.1, 0.15) is 11.6 Å². The third-order valence-electron chi connectivity index (χ3n) is 4.31. The van der Waals surface area contributed by atoms with Crippen molar-refractivity contribution in [1.29, 1.82) is 0 Å². The fourth-order valence-electron chi connectivity index (χ4n) is 3.00. The van der Waals surface area contributed by atoms with Crippen LogP contribution in [0.4, 0.5) is 19.3 Å². The predicted molar refractivity (Wildman–Crippen MR) is 102 cm³/mol. The van der Waals surface area contributed by atoms with E-state index >= 15 is 0 Å². The molecule has 27 heavy (non-hydrogen) atoms. The lowest BCUT2D eigenvalue weighted by Gasteiger charge is -2.32. The van der Waals surface area contributed by atoms with Gasteiger partial charge in [-0.1, -0.05) is 42.5 Å². The van der Waals surface area contributed by atoms with E-state index in [9.17, 15) is 13.6 Å². The highest BCUT2D eigenvalue weighted by Crippen LogP contribution is 2.29. The molecule has 1 atom stereocenters. The highest BCUT2D eigenvalue weighted by molar-refractivity contribution is 5.89. The molecule has 0 bridgehead atoms. The van der Waals surface area contributed by atoms with Crippen LogP contribution < -0.4 is 5.32 Å². The zero-order chi connectivity index (χ0) is 19.2. The van der Waals surface area contributed by atoms with Crippen LogP contribution in [0.15, 0.2) is 78.9 Å². The molecule has 3 rings (SSSR count). The van der Waals surface area contributed by atoms with Crippen LogP contribution in [0.2, 0.25) is 0 Å². The molecule has 3 nitrogen and oxygen atoms in total. The molecule has 138 valence electrons. The Hall–Kier alpha value is -3.21. The zero-order valence-electron chi connectivity index (χ0n) is 14.9. The molecule has 0 radical (unpaired) electrons. The summed E-state index contributed by atoms with van der Waals surface area (Å²) < 4.78 is 26.5. The van der Waals surface area contributed by atoms with Crippen molar-refractivity contribution < 1.29 is 13.6 Å². The van der Waals surface area contributed by atoms with E-state index in [1.54, 1.807) is 17.0 Å². The molecule has 2 amide bonds. The fraction of sp³-hybridized carbons (Fsp3) is 0.136. The van der Waals surface area contributed by atoms with E-state index in [0.29, 0.717) is 12.2 Å². The Bertz CT molecular complexity index is 880. The molecule has 0 aromatic heterocycles. The van der Waals surface area contributed by atoms with Crippen LogP contribution in [-0.2, 0) is 0 Å². The van der Waals surface area contributed by atoms with Crippen LogP contribution in [0, 0.1) is 11.6 Å². The van der Waals surface area contributed by atoms with Crippen molar-refractivity contribution >= 4 is 11.7 Å². The van der Waals surface area contributed by atoms with E-state index in [0.717, 1.165) is 11.1 Å². The first-order valence-corrected chi connectivity index (χ1v) is 8.72. The molecular weight excluding hydrogens is 346 g/mol. The predicted octanol–water partition coefficient (Wildman–Crippen LogP) is 5.61. The summed E-state index contributed by atoms with van der Waals surface area (Å²) in [6, 6.07) is 20.6. The normalized spacial score (nSPS) is 11.7. The van der Waals surface area contributed by atoms with Crippen molar-refractivity contribution in [3.8, 4) is 0 Å². The van der Waals surface area contributed by atoms with Gasteiger partial charge in [0.05, 0.1) is 6.04 Å². The Morgan fingerprint density at radius 2 is 1.37 bits per heavy atom. The third-order valence-corrected chi connectivity index (χ3v) is 4.31. The molecule has 0 aliphatic heterocycles. The quantitative estimate of drug-likeness (QED) is 0.625. The number of carbonyl (C=O) groups is 1. The number of hydrogen-bond acceptors (Lipinski definition) is 1. The summed E-state index contributed by atoms with van der Waals surface area (Å²) in [6.07, 6.45) is 0. The first-order valence-electron chi connectivity index (χ1n) is 8.72. The molecule has 0 saturated carbocycles. The molecule has 0 fully saturated rings. The summed E-state index contributed by atoms with van der Waals surface area (Å²) in [5.74, 6) is -0.696. The molecule has 0 heterocycles.